The van der Waals surface area contributed by atoms with Crippen molar-refractivity contribution in [3.63, 3.8) is 0 Å². The summed E-state index contributed by atoms with van der Waals surface area (Å²) in [6.45, 7) is 8.14. The van der Waals surface area contributed by atoms with Gasteiger partial charge >= 0.3 is 0 Å². The molecule has 1 atom stereocenters. The smallest absolute Gasteiger partial charge is 0.191 e. The molecule has 2 aromatic carbocycles. The first kappa shape index (κ1) is 22.1. The van der Waals surface area contributed by atoms with Gasteiger partial charge in [0.1, 0.15) is 11.9 Å². The summed E-state index contributed by atoms with van der Waals surface area (Å²) >= 11 is 0. The van der Waals surface area contributed by atoms with Gasteiger partial charge in [0, 0.05) is 33.2 Å². The quantitative estimate of drug-likeness (QED) is 0.492. The van der Waals surface area contributed by atoms with Gasteiger partial charge in [0.05, 0.1) is 19.8 Å². The Balaban J connectivity index is 1.50. The van der Waals surface area contributed by atoms with Crippen LogP contribution < -0.4 is 15.4 Å². The number of nitrogens with zero attached hydrogens (tertiary/aromatic N) is 2. The van der Waals surface area contributed by atoms with Crippen LogP contribution in [0.3, 0.4) is 0 Å². The molecule has 2 N–H and O–H groups in total. The maximum absolute atomic E-state index is 6.06. The molecule has 0 spiro atoms. The maximum atomic E-state index is 6.06. The second-order valence-electron chi connectivity index (χ2n) is 7.43. The average molecular weight is 411 g/mol. The van der Waals surface area contributed by atoms with Crippen molar-refractivity contribution in [3.05, 3.63) is 65.7 Å². The van der Waals surface area contributed by atoms with E-state index in [0.717, 1.165) is 57.5 Å². The molecule has 2 aromatic rings. The monoisotopic (exact) mass is 410 g/mol. The van der Waals surface area contributed by atoms with Crippen molar-refractivity contribution in [2.75, 3.05) is 39.9 Å². The van der Waals surface area contributed by atoms with Crippen LogP contribution in [0.4, 0.5) is 0 Å². The topological polar surface area (TPSA) is 58.1 Å². The first-order valence-electron chi connectivity index (χ1n) is 10.8. The molecule has 1 saturated heterocycles. The molecule has 0 amide bonds. The number of hydrogen-bond donors (Lipinski definition) is 2. The predicted octanol–water partition coefficient (Wildman–Crippen LogP) is 3.04. The Morgan fingerprint density at radius 2 is 1.73 bits per heavy atom. The lowest BCUT2D eigenvalue weighted by molar-refractivity contribution is 0.0341. The summed E-state index contributed by atoms with van der Waals surface area (Å²) in [5, 5.41) is 6.85. The van der Waals surface area contributed by atoms with Crippen LogP contribution in [-0.2, 0) is 17.8 Å². The zero-order chi connectivity index (χ0) is 21.0. The van der Waals surface area contributed by atoms with E-state index in [1.54, 1.807) is 7.05 Å². The fourth-order valence-corrected chi connectivity index (χ4v) is 3.46. The van der Waals surface area contributed by atoms with Crippen LogP contribution in [0.2, 0.25) is 0 Å². The third-order valence-corrected chi connectivity index (χ3v) is 5.28. The highest BCUT2D eigenvalue weighted by Crippen LogP contribution is 2.14. The SMILES string of the molecule is CCC(CNC(=NC)NCc1ccccc1CN1CCOCC1)Oc1ccccc1. The zero-order valence-electron chi connectivity index (χ0n) is 18.1. The van der Waals surface area contributed by atoms with Gasteiger partial charge in [0.2, 0.25) is 0 Å². The first-order valence-corrected chi connectivity index (χ1v) is 10.8. The van der Waals surface area contributed by atoms with E-state index in [9.17, 15) is 0 Å². The number of para-hydroxylation sites is 1. The average Bonchev–Trinajstić information content (AvgIpc) is 2.80. The van der Waals surface area contributed by atoms with Gasteiger partial charge in [-0.2, -0.15) is 0 Å². The Hall–Kier alpha value is -2.57. The molecule has 0 bridgehead atoms. The summed E-state index contributed by atoms with van der Waals surface area (Å²) in [6, 6.07) is 18.6. The Bertz CT molecular complexity index is 776. The second-order valence-corrected chi connectivity index (χ2v) is 7.43. The van der Waals surface area contributed by atoms with Crippen LogP contribution in [0, 0.1) is 0 Å². The molecular formula is C24H34N4O2. The number of benzene rings is 2. The number of rotatable bonds is 9. The van der Waals surface area contributed by atoms with Crippen molar-refractivity contribution in [2.24, 2.45) is 4.99 Å². The maximum Gasteiger partial charge on any atom is 0.191 e. The first-order chi connectivity index (χ1) is 14.8. The van der Waals surface area contributed by atoms with Crippen LogP contribution in [0.5, 0.6) is 5.75 Å². The number of guanidine groups is 1. The van der Waals surface area contributed by atoms with Gasteiger partial charge in [-0.25, -0.2) is 0 Å². The normalized spacial score (nSPS) is 16.1. The molecule has 0 aromatic heterocycles. The molecule has 6 heteroatoms. The van der Waals surface area contributed by atoms with Crippen molar-refractivity contribution in [1.29, 1.82) is 0 Å². The number of ether oxygens (including phenoxy) is 2. The summed E-state index contributed by atoms with van der Waals surface area (Å²) in [6.07, 6.45) is 1.00. The molecule has 0 radical (unpaired) electrons. The van der Waals surface area contributed by atoms with Crippen LogP contribution in [0.15, 0.2) is 59.6 Å². The molecule has 30 heavy (non-hydrogen) atoms. The van der Waals surface area contributed by atoms with Crippen molar-refractivity contribution in [2.45, 2.75) is 32.5 Å². The highest BCUT2D eigenvalue weighted by Gasteiger charge is 2.13. The third kappa shape index (κ3) is 7.04. The van der Waals surface area contributed by atoms with Crippen molar-refractivity contribution < 1.29 is 9.47 Å². The van der Waals surface area contributed by atoms with Crippen LogP contribution in [0.1, 0.15) is 24.5 Å². The Morgan fingerprint density at radius 3 is 2.43 bits per heavy atom. The summed E-state index contributed by atoms with van der Waals surface area (Å²) in [5.41, 5.74) is 2.64. The summed E-state index contributed by atoms with van der Waals surface area (Å²) in [7, 11) is 1.80. The summed E-state index contributed by atoms with van der Waals surface area (Å²) in [4.78, 5) is 6.82. The molecule has 1 aliphatic rings. The number of morpholine rings is 1. The van der Waals surface area contributed by atoms with Gasteiger partial charge in [-0.3, -0.25) is 9.89 Å². The van der Waals surface area contributed by atoms with Crippen LogP contribution in [0.25, 0.3) is 0 Å². The van der Waals surface area contributed by atoms with E-state index in [4.69, 9.17) is 9.47 Å². The van der Waals surface area contributed by atoms with Gasteiger partial charge in [-0.1, -0.05) is 49.4 Å². The van der Waals surface area contributed by atoms with Crippen molar-refractivity contribution in [1.82, 2.24) is 15.5 Å². The molecular weight excluding hydrogens is 376 g/mol. The fraction of sp³-hybridized carbons (Fsp3) is 0.458. The Kier molecular flexibility index (Phi) is 9.00. The molecule has 1 fully saturated rings. The molecule has 0 aliphatic carbocycles. The Labute approximate surface area is 180 Å². The van der Waals surface area contributed by atoms with E-state index in [0.29, 0.717) is 6.54 Å². The van der Waals surface area contributed by atoms with Crippen molar-refractivity contribution in [3.8, 4) is 5.75 Å². The second kappa shape index (κ2) is 12.2. The number of hydrogen-bond acceptors (Lipinski definition) is 4. The molecule has 162 valence electrons. The lowest BCUT2D eigenvalue weighted by Gasteiger charge is -2.27. The van der Waals surface area contributed by atoms with Gasteiger partial charge in [0.15, 0.2) is 5.96 Å². The van der Waals surface area contributed by atoms with Gasteiger partial charge < -0.3 is 20.1 Å². The highest BCUT2D eigenvalue weighted by atomic mass is 16.5. The van der Waals surface area contributed by atoms with Crippen molar-refractivity contribution >= 4 is 5.96 Å². The van der Waals surface area contributed by atoms with Gasteiger partial charge in [-0.15, -0.1) is 0 Å². The predicted molar refractivity (Wildman–Crippen MR) is 122 cm³/mol. The number of aliphatic imine (C=N–C) groups is 1. The molecule has 0 saturated carbocycles. The summed E-state index contributed by atoms with van der Waals surface area (Å²) in [5.74, 6) is 1.68. The lowest BCUT2D eigenvalue weighted by Crippen LogP contribution is -2.42. The largest absolute Gasteiger partial charge is 0.489 e. The van der Waals surface area contributed by atoms with E-state index < -0.39 is 0 Å². The minimum absolute atomic E-state index is 0.0829. The minimum atomic E-state index is 0.0829. The zero-order valence-corrected chi connectivity index (χ0v) is 18.1. The molecule has 6 nitrogen and oxygen atoms in total. The lowest BCUT2D eigenvalue weighted by atomic mass is 10.1. The molecule has 1 heterocycles. The van der Waals surface area contributed by atoms with E-state index in [-0.39, 0.29) is 6.10 Å². The molecule has 1 unspecified atom stereocenters. The standard InChI is InChI=1S/C24H34N4O2/c1-3-22(30-23-11-5-4-6-12-23)18-27-24(25-2)26-17-20-9-7-8-10-21(20)19-28-13-15-29-16-14-28/h4-12,22H,3,13-19H2,1-2H3,(H2,25,26,27). The number of nitrogens with one attached hydrogen (secondary N) is 2. The van der Waals surface area contributed by atoms with E-state index in [1.807, 2.05) is 30.3 Å². The van der Waals surface area contributed by atoms with Crippen LogP contribution in [-0.4, -0.2) is 56.9 Å². The molecule has 1 aliphatic heterocycles. The highest BCUT2D eigenvalue weighted by molar-refractivity contribution is 5.79. The fourth-order valence-electron chi connectivity index (χ4n) is 3.46. The van der Waals surface area contributed by atoms with Crippen LogP contribution >= 0.6 is 0 Å². The van der Waals surface area contributed by atoms with E-state index in [2.05, 4.69) is 51.7 Å². The third-order valence-electron chi connectivity index (χ3n) is 5.28. The minimum Gasteiger partial charge on any atom is -0.489 e. The Morgan fingerprint density at radius 1 is 1.03 bits per heavy atom. The molecule has 3 rings (SSSR count). The van der Waals surface area contributed by atoms with E-state index in [1.165, 1.54) is 11.1 Å². The van der Waals surface area contributed by atoms with Gasteiger partial charge in [-0.05, 0) is 29.7 Å². The van der Waals surface area contributed by atoms with E-state index >= 15 is 0 Å². The summed E-state index contributed by atoms with van der Waals surface area (Å²) < 4.78 is 11.5. The van der Waals surface area contributed by atoms with Gasteiger partial charge in [0.25, 0.3) is 0 Å².